The summed E-state index contributed by atoms with van der Waals surface area (Å²) in [7, 11) is 0. The van der Waals surface area contributed by atoms with Crippen LogP contribution < -0.4 is 0 Å². The molecule has 3 unspecified atom stereocenters. The van der Waals surface area contributed by atoms with Crippen LogP contribution in [0, 0.1) is 5.92 Å². The van der Waals surface area contributed by atoms with Gasteiger partial charge in [0, 0.05) is 17.2 Å². The van der Waals surface area contributed by atoms with Gasteiger partial charge in [0.25, 0.3) is 0 Å². The third-order valence-electron chi connectivity index (χ3n) is 2.90. The van der Waals surface area contributed by atoms with Crippen molar-refractivity contribution in [2.24, 2.45) is 5.92 Å². The molecule has 1 heterocycles. The normalized spacial score (nSPS) is 17.4. The molecule has 0 fully saturated rings. The van der Waals surface area contributed by atoms with Crippen LogP contribution in [0.25, 0.3) is 0 Å². The van der Waals surface area contributed by atoms with Crippen molar-refractivity contribution in [2.45, 2.75) is 37.9 Å². The van der Waals surface area contributed by atoms with Crippen LogP contribution >= 0.6 is 15.9 Å². The summed E-state index contributed by atoms with van der Waals surface area (Å²) in [6.45, 7) is 6.79. The number of hydrogen-bond donors (Lipinski definition) is 0. The number of aromatic nitrogens is 1. The molecule has 1 rings (SSSR count). The first-order chi connectivity index (χ1) is 6.66. The van der Waals surface area contributed by atoms with Gasteiger partial charge in [-0.05, 0) is 29.5 Å². The Hall–Kier alpha value is -0.370. The Bertz CT molecular complexity index is 260. The predicted molar refractivity (Wildman–Crippen MR) is 64.8 cm³/mol. The molecule has 78 valence electrons. The zero-order valence-corrected chi connectivity index (χ0v) is 10.7. The van der Waals surface area contributed by atoms with E-state index in [1.54, 1.807) is 0 Å². The van der Waals surface area contributed by atoms with Gasteiger partial charge in [-0.15, -0.1) is 0 Å². The van der Waals surface area contributed by atoms with Gasteiger partial charge in [0.15, 0.2) is 0 Å². The minimum atomic E-state index is 0.549. The second-order valence-electron chi connectivity index (χ2n) is 3.90. The molecule has 3 atom stereocenters. The fourth-order valence-corrected chi connectivity index (χ4v) is 2.25. The smallest absolute Gasteiger partial charge is 0.0270 e. The van der Waals surface area contributed by atoms with Crippen molar-refractivity contribution >= 4 is 15.9 Å². The van der Waals surface area contributed by atoms with E-state index in [4.69, 9.17) is 0 Å². The lowest BCUT2D eigenvalue weighted by Gasteiger charge is -2.23. The molecule has 0 aromatic carbocycles. The highest BCUT2D eigenvalue weighted by molar-refractivity contribution is 9.09. The van der Waals surface area contributed by atoms with E-state index in [1.165, 1.54) is 12.0 Å². The maximum absolute atomic E-state index is 4.04. The minimum Gasteiger partial charge on any atom is -0.265 e. The molecule has 0 bridgehead atoms. The third-order valence-corrected chi connectivity index (χ3v) is 4.59. The van der Waals surface area contributed by atoms with Crippen LogP contribution in [0.1, 0.15) is 38.7 Å². The van der Waals surface area contributed by atoms with E-state index in [9.17, 15) is 0 Å². The lowest BCUT2D eigenvalue weighted by molar-refractivity contribution is 0.494. The van der Waals surface area contributed by atoms with E-state index in [0.29, 0.717) is 16.7 Å². The van der Waals surface area contributed by atoms with Crippen LogP contribution in [0.2, 0.25) is 0 Å². The highest BCUT2D eigenvalue weighted by Crippen LogP contribution is 2.30. The maximum atomic E-state index is 4.04. The number of halogens is 1. The van der Waals surface area contributed by atoms with Crippen molar-refractivity contribution in [1.29, 1.82) is 0 Å². The lowest BCUT2D eigenvalue weighted by Crippen LogP contribution is -2.17. The SMILES string of the molecule is CCC(C)C(Br)C(C)c1ccncc1. The van der Waals surface area contributed by atoms with Crippen LogP contribution in [0.15, 0.2) is 24.5 Å². The van der Waals surface area contributed by atoms with Crippen LogP contribution in [-0.2, 0) is 0 Å². The number of alkyl halides is 1. The van der Waals surface area contributed by atoms with Crippen LogP contribution in [-0.4, -0.2) is 9.81 Å². The van der Waals surface area contributed by atoms with E-state index < -0.39 is 0 Å². The molecule has 1 aromatic rings. The van der Waals surface area contributed by atoms with E-state index in [0.717, 1.165) is 0 Å². The summed E-state index contributed by atoms with van der Waals surface area (Å²) in [6, 6.07) is 4.20. The van der Waals surface area contributed by atoms with Crippen molar-refractivity contribution in [2.75, 3.05) is 0 Å². The van der Waals surface area contributed by atoms with E-state index in [-0.39, 0.29) is 0 Å². The van der Waals surface area contributed by atoms with Gasteiger partial charge in [-0.25, -0.2) is 0 Å². The number of pyridine rings is 1. The molecule has 0 aliphatic carbocycles. The molecule has 0 saturated carbocycles. The minimum absolute atomic E-state index is 0.549. The molecule has 0 N–H and O–H groups in total. The van der Waals surface area contributed by atoms with Gasteiger partial charge in [-0.3, -0.25) is 4.98 Å². The van der Waals surface area contributed by atoms with Gasteiger partial charge in [-0.1, -0.05) is 43.1 Å². The Kier molecular flexibility index (Phi) is 4.59. The molecular formula is C12H18BrN. The fraction of sp³-hybridized carbons (Fsp3) is 0.583. The maximum Gasteiger partial charge on any atom is 0.0270 e. The topological polar surface area (TPSA) is 12.9 Å². The van der Waals surface area contributed by atoms with Gasteiger partial charge >= 0.3 is 0 Å². The summed E-state index contributed by atoms with van der Waals surface area (Å²) in [5.74, 6) is 1.26. The van der Waals surface area contributed by atoms with Gasteiger partial charge in [0.05, 0.1) is 0 Å². The number of rotatable bonds is 4. The van der Waals surface area contributed by atoms with Gasteiger partial charge < -0.3 is 0 Å². The monoisotopic (exact) mass is 255 g/mol. The largest absolute Gasteiger partial charge is 0.265 e. The van der Waals surface area contributed by atoms with Crippen molar-refractivity contribution in [3.8, 4) is 0 Å². The summed E-state index contributed by atoms with van der Waals surface area (Å²) in [4.78, 5) is 4.59. The average Bonchev–Trinajstić information content (AvgIpc) is 2.27. The Morgan fingerprint density at radius 2 is 1.86 bits per heavy atom. The molecule has 0 spiro atoms. The standard InChI is InChI=1S/C12H18BrN/c1-4-9(2)12(13)10(3)11-5-7-14-8-6-11/h5-10,12H,4H2,1-3H3. The Morgan fingerprint density at radius 1 is 1.29 bits per heavy atom. The van der Waals surface area contributed by atoms with Crippen LogP contribution in [0.4, 0.5) is 0 Å². The lowest BCUT2D eigenvalue weighted by atomic mass is 9.90. The average molecular weight is 256 g/mol. The summed E-state index contributed by atoms with van der Waals surface area (Å²) in [5.41, 5.74) is 1.36. The van der Waals surface area contributed by atoms with Crippen LogP contribution in [0.5, 0.6) is 0 Å². The molecule has 0 saturated heterocycles. The van der Waals surface area contributed by atoms with Crippen molar-refractivity contribution in [3.63, 3.8) is 0 Å². The molecule has 0 amide bonds. The Labute approximate surface area is 95.1 Å². The molecule has 1 nitrogen and oxygen atoms in total. The van der Waals surface area contributed by atoms with Gasteiger partial charge in [-0.2, -0.15) is 0 Å². The summed E-state index contributed by atoms with van der Waals surface area (Å²) in [5, 5.41) is 0. The molecule has 0 radical (unpaired) electrons. The van der Waals surface area contributed by atoms with E-state index in [2.05, 4.69) is 53.8 Å². The highest BCUT2D eigenvalue weighted by Gasteiger charge is 2.20. The Balaban J connectivity index is 2.70. The molecule has 0 aliphatic rings. The number of nitrogens with zero attached hydrogens (tertiary/aromatic N) is 1. The third kappa shape index (κ3) is 2.81. The highest BCUT2D eigenvalue weighted by atomic mass is 79.9. The quantitative estimate of drug-likeness (QED) is 0.742. The second-order valence-corrected chi connectivity index (χ2v) is 4.96. The van der Waals surface area contributed by atoms with E-state index >= 15 is 0 Å². The zero-order valence-electron chi connectivity index (χ0n) is 9.07. The van der Waals surface area contributed by atoms with Gasteiger partial charge in [0.2, 0.25) is 0 Å². The van der Waals surface area contributed by atoms with Crippen molar-refractivity contribution < 1.29 is 0 Å². The second kappa shape index (κ2) is 5.50. The Morgan fingerprint density at radius 3 is 2.36 bits per heavy atom. The predicted octanol–water partition coefficient (Wildman–Crippen LogP) is 3.99. The zero-order chi connectivity index (χ0) is 10.6. The summed E-state index contributed by atoms with van der Waals surface area (Å²) >= 11 is 3.79. The number of hydrogen-bond acceptors (Lipinski definition) is 1. The first-order valence-electron chi connectivity index (χ1n) is 5.20. The van der Waals surface area contributed by atoms with E-state index in [1.807, 2.05) is 12.4 Å². The van der Waals surface area contributed by atoms with Crippen molar-refractivity contribution in [1.82, 2.24) is 4.98 Å². The first-order valence-corrected chi connectivity index (χ1v) is 6.12. The first kappa shape index (κ1) is 11.7. The summed E-state index contributed by atoms with van der Waals surface area (Å²) < 4.78 is 0. The summed E-state index contributed by atoms with van der Waals surface area (Å²) in [6.07, 6.45) is 4.94. The van der Waals surface area contributed by atoms with Gasteiger partial charge in [0.1, 0.15) is 0 Å². The molecular weight excluding hydrogens is 238 g/mol. The molecule has 1 aromatic heterocycles. The molecule has 14 heavy (non-hydrogen) atoms. The molecule has 0 aliphatic heterocycles. The van der Waals surface area contributed by atoms with Crippen molar-refractivity contribution in [3.05, 3.63) is 30.1 Å². The fourth-order valence-electron chi connectivity index (χ4n) is 1.57. The molecule has 2 heteroatoms. The van der Waals surface area contributed by atoms with Crippen LogP contribution in [0.3, 0.4) is 0 Å².